The molecular weight excluding hydrogens is 204 g/mol. The maximum atomic E-state index is 11.5. The molecule has 1 amide bonds. The van der Waals surface area contributed by atoms with E-state index in [-0.39, 0.29) is 11.8 Å². The van der Waals surface area contributed by atoms with Crippen molar-refractivity contribution in [3.8, 4) is 0 Å². The maximum Gasteiger partial charge on any atom is 0.226 e. The smallest absolute Gasteiger partial charge is 0.226 e. The van der Waals surface area contributed by atoms with Crippen LogP contribution in [0.25, 0.3) is 0 Å². The average Bonchev–Trinajstić information content (AvgIpc) is 2.28. The third-order valence-electron chi connectivity index (χ3n) is 2.22. The molecule has 0 aromatic heterocycles. The molecule has 0 radical (unpaired) electrons. The average molecular weight is 220 g/mol. The van der Waals surface area contributed by atoms with Crippen LogP contribution < -0.4 is 5.32 Å². The standard InChI is InChI=1S/C12H16N2O2/c1-8(2)12(15)13-11-6-4-5-10(7-11)9(3)14-16/h4-8,16H,1-3H3,(H,13,15). The largest absolute Gasteiger partial charge is 0.411 e. The summed E-state index contributed by atoms with van der Waals surface area (Å²) < 4.78 is 0. The molecule has 0 saturated carbocycles. The Kier molecular flexibility index (Phi) is 4.05. The summed E-state index contributed by atoms with van der Waals surface area (Å²) in [5, 5.41) is 14.6. The first kappa shape index (κ1) is 12.2. The van der Waals surface area contributed by atoms with E-state index in [0.717, 1.165) is 5.56 Å². The molecule has 4 nitrogen and oxygen atoms in total. The number of hydrogen-bond acceptors (Lipinski definition) is 3. The van der Waals surface area contributed by atoms with Gasteiger partial charge < -0.3 is 10.5 Å². The van der Waals surface area contributed by atoms with Crippen LogP contribution in [0.3, 0.4) is 0 Å². The molecule has 0 aliphatic heterocycles. The van der Waals surface area contributed by atoms with Gasteiger partial charge in [-0.2, -0.15) is 0 Å². The van der Waals surface area contributed by atoms with Gasteiger partial charge in [-0.3, -0.25) is 4.79 Å². The van der Waals surface area contributed by atoms with Crippen molar-refractivity contribution in [1.29, 1.82) is 0 Å². The van der Waals surface area contributed by atoms with Gasteiger partial charge in [-0.25, -0.2) is 0 Å². The molecule has 16 heavy (non-hydrogen) atoms. The number of benzene rings is 1. The molecule has 0 aliphatic carbocycles. The lowest BCUT2D eigenvalue weighted by atomic mass is 10.1. The molecule has 1 aromatic rings. The van der Waals surface area contributed by atoms with Crippen molar-refractivity contribution < 1.29 is 10.0 Å². The maximum absolute atomic E-state index is 11.5. The summed E-state index contributed by atoms with van der Waals surface area (Å²) in [6.45, 7) is 5.36. The molecule has 0 fully saturated rings. The topological polar surface area (TPSA) is 61.7 Å². The zero-order valence-corrected chi connectivity index (χ0v) is 9.69. The molecule has 0 aliphatic rings. The van der Waals surface area contributed by atoms with Crippen LogP contribution in [-0.4, -0.2) is 16.8 Å². The normalized spacial score (nSPS) is 11.6. The van der Waals surface area contributed by atoms with E-state index < -0.39 is 0 Å². The Bertz CT molecular complexity index is 411. The van der Waals surface area contributed by atoms with E-state index in [9.17, 15) is 4.79 Å². The molecule has 1 aromatic carbocycles. The summed E-state index contributed by atoms with van der Waals surface area (Å²) in [6, 6.07) is 7.20. The van der Waals surface area contributed by atoms with Crippen LogP contribution in [0, 0.1) is 5.92 Å². The summed E-state index contributed by atoms with van der Waals surface area (Å²) in [5.74, 6) is -0.0907. The summed E-state index contributed by atoms with van der Waals surface area (Å²) in [6.07, 6.45) is 0. The minimum absolute atomic E-state index is 0.0317. The second-order valence-corrected chi connectivity index (χ2v) is 3.91. The van der Waals surface area contributed by atoms with Gasteiger partial charge in [0.05, 0.1) is 5.71 Å². The number of carbonyl (C=O) groups is 1. The molecule has 1 rings (SSSR count). The van der Waals surface area contributed by atoms with Gasteiger partial charge in [0.15, 0.2) is 0 Å². The number of nitrogens with zero attached hydrogens (tertiary/aromatic N) is 1. The van der Waals surface area contributed by atoms with Crippen molar-refractivity contribution in [1.82, 2.24) is 0 Å². The highest BCUT2D eigenvalue weighted by atomic mass is 16.4. The lowest BCUT2D eigenvalue weighted by Gasteiger charge is -2.08. The number of amides is 1. The van der Waals surface area contributed by atoms with Crippen LogP contribution in [0.15, 0.2) is 29.4 Å². The Balaban J connectivity index is 2.87. The third kappa shape index (κ3) is 3.08. The Morgan fingerprint density at radius 3 is 2.69 bits per heavy atom. The van der Waals surface area contributed by atoms with Gasteiger partial charge in [0.2, 0.25) is 5.91 Å². The van der Waals surface area contributed by atoms with Gasteiger partial charge in [-0.15, -0.1) is 0 Å². The molecule has 4 heteroatoms. The van der Waals surface area contributed by atoms with Crippen molar-refractivity contribution in [2.75, 3.05) is 5.32 Å². The quantitative estimate of drug-likeness (QED) is 0.467. The first-order valence-electron chi connectivity index (χ1n) is 5.14. The van der Waals surface area contributed by atoms with Crippen LogP contribution in [-0.2, 0) is 4.79 Å². The van der Waals surface area contributed by atoms with Crippen molar-refractivity contribution >= 4 is 17.3 Å². The Morgan fingerprint density at radius 2 is 2.12 bits per heavy atom. The summed E-state index contributed by atoms with van der Waals surface area (Å²) >= 11 is 0. The van der Waals surface area contributed by atoms with Gasteiger partial charge >= 0.3 is 0 Å². The lowest BCUT2D eigenvalue weighted by Crippen LogP contribution is -2.17. The summed E-state index contributed by atoms with van der Waals surface area (Å²) in [7, 11) is 0. The SMILES string of the molecule is CC(=NO)c1cccc(NC(=O)C(C)C)c1. The fraction of sp³-hybridized carbons (Fsp3) is 0.333. The predicted octanol–water partition coefficient (Wildman–Crippen LogP) is 2.48. The highest BCUT2D eigenvalue weighted by molar-refractivity contribution is 6.00. The first-order chi connectivity index (χ1) is 7.54. The number of anilines is 1. The highest BCUT2D eigenvalue weighted by Crippen LogP contribution is 2.12. The molecule has 2 N–H and O–H groups in total. The second-order valence-electron chi connectivity index (χ2n) is 3.91. The third-order valence-corrected chi connectivity index (χ3v) is 2.22. The van der Waals surface area contributed by atoms with Crippen molar-refractivity contribution in [2.24, 2.45) is 11.1 Å². The molecule has 0 unspecified atom stereocenters. The van der Waals surface area contributed by atoms with E-state index >= 15 is 0 Å². The second kappa shape index (κ2) is 5.30. The fourth-order valence-corrected chi connectivity index (χ4v) is 1.17. The number of hydrogen-bond donors (Lipinski definition) is 2. The predicted molar refractivity (Wildman–Crippen MR) is 63.9 cm³/mol. The van der Waals surface area contributed by atoms with E-state index in [1.807, 2.05) is 19.9 Å². The van der Waals surface area contributed by atoms with Gasteiger partial charge in [0, 0.05) is 17.2 Å². The van der Waals surface area contributed by atoms with E-state index in [2.05, 4.69) is 10.5 Å². The number of carbonyl (C=O) groups excluding carboxylic acids is 1. The Labute approximate surface area is 95.0 Å². The monoisotopic (exact) mass is 220 g/mol. The number of oxime groups is 1. The zero-order chi connectivity index (χ0) is 12.1. The molecule has 0 spiro atoms. The van der Waals surface area contributed by atoms with Crippen LogP contribution in [0.1, 0.15) is 26.3 Å². The van der Waals surface area contributed by atoms with E-state index in [1.165, 1.54) is 0 Å². The van der Waals surface area contributed by atoms with E-state index in [4.69, 9.17) is 5.21 Å². The Hall–Kier alpha value is -1.84. The number of rotatable bonds is 3. The fourth-order valence-electron chi connectivity index (χ4n) is 1.17. The summed E-state index contributed by atoms with van der Waals surface area (Å²) in [4.78, 5) is 11.5. The van der Waals surface area contributed by atoms with Crippen LogP contribution in [0.4, 0.5) is 5.69 Å². The Morgan fingerprint density at radius 1 is 1.44 bits per heavy atom. The lowest BCUT2D eigenvalue weighted by molar-refractivity contribution is -0.118. The minimum atomic E-state index is -0.0590. The number of nitrogens with one attached hydrogen (secondary N) is 1. The van der Waals surface area contributed by atoms with Gasteiger partial charge in [0.25, 0.3) is 0 Å². The molecule has 0 atom stereocenters. The summed E-state index contributed by atoms with van der Waals surface area (Å²) in [5.41, 5.74) is 2.00. The van der Waals surface area contributed by atoms with E-state index in [0.29, 0.717) is 11.4 Å². The first-order valence-corrected chi connectivity index (χ1v) is 5.14. The molecule has 86 valence electrons. The molecular formula is C12H16N2O2. The van der Waals surface area contributed by atoms with Gasteiger partial charge in [-0.05, 0) is 19.1 Å². The zero-order valence-electron chi connectivity index (χ0n) is 9.69. The minimum Gasteiger partial charge on any atom is -0.411 e. The van der Waals surface area contributed by atoms with Crippen molar-refractivity contribution in [2.45, 2.75) is 20.8 Å². The van der Waals surface area contributed by atoms with Gasteiger partial charge in [0.1, 0.15) is 0 Å². The van der Waals surface area contributed by atoms with Crippen molar-refractivity contribution in [3.05, 3.63) is 29.8 Å². The molecule has 0 saturated heterocycles. The molecule has 0 heterocycles. The van der Waals surface area contributed by atoms with Crippen LogP contribution >= 0.6 is 0 Å². The molecule has 0 bridgehead atoms. The van der Waals surface area contributed by atoms with Crippen LogP contribution in [0.5, 0.6) is 0 Å². The van der Waals surface area contributed by atoms with Crippen molar-refractivity contribution in [3.63, 3.8) is 0 Å². The van der Waals surface area contributed by atoms with Crippen LogP contribution in [0.2, 0.25) is 0 Å². The highest BCUT2D eigenvalue weighted by Gasteiger charge is 2.07. The van der Waals surface area contributed by atoms with E-state index in [1.54, 1.807) is 25.1 Å². The van der Waals surface area contributed by atoms with Gasteiger partial charge in [-0.1, -0.05) is 31.1 Å².